The van der Waals surface area contributed by atoms with Crippen LogP contribution in [0.25, 0.3) is 0 Å². The molecule has 1 fully saturated rings. The molecule has 0 aromatic carbocycles. The Morgan fingerprint density at radius 2 is 2.20 bits per heavy atom. The lowest BCUT2D eigenvalue weighted by atomic mass is 9.90. The third-order valence-corrected chi connectivity index (χ3v) is 2.86. The molecule has 1 amide bonds. The molecule has 0 aromatic heterocycles. The fourth-order valence-corrected chi connectivity index (χ4v) is 1.70. The van der Waals surface area contributed by atoms with E-state index in [9.17, 15) is 9.59 Å². The van der Waals surface area contributed by atoms with E-state index in [0.29, 0.717) is 32.5 Å². The maximum absolute atomic E-state index is 11.6. The summed E-state index contributed by atoms with van der Waals surface area (Å²) < 4.78 is 4.81. The van der Waals surface area contributed by atoms with Gasteiger partial charge < -0.3 is 14.7 Å². The largest absolute Gasteiger partial charge is 0.481 e. The normalized spacial score (nSPS) is 25.6. The molecule has 1 saturated heterocycles. The van der Waals surface area contributed by atoms with Gasteiger partial charge in [0.25, 0.3) is 0 Å². The van der Waals surface area contributed by atoms with Gasteiger partial charge >= 0.3 is 5.97 Å². The molecule has 1 heterocycles. The van der Waals surface area contributed by atoms with E-state index in [4.69, 9.17) is 9.84 Å². The van der Waals surface area contributed by atoms with Crippen LogP contribution in [0.1, 0.15) is 19.8 Å². The minimum absolute atomic E-state index is 0.0261. The summed E-state index contributed by atoms with van der Waals surface area (Å²) in [6.07, 6.45) is 0.854. The fraction of sp³-hybridized carbons (Fsp3) is 0.800. The summed E-state index contributed by atoms with van der Waals surface area (Å²) in [5.41, 5.74) is -0.775. The summed E-state index contributed by atoms with van der Waals surface area (Å²) in [7, 11) is 1.54. The van der Waals surface area contributed by atoms with Crippen molar-refractivity contribution in [2.75, 3.05) is 26.8 Å². The lowest BCUT2D eigenvalue weighted by Gasteiger charge is -2.20. The average molecular weight is 215 g/mol. The van der Waals surface area contributed by atoms with Crippen LogP contribution < -0.4 is 0 Å². The zero-order valence-electron chi connectivity index (χ0n) is 9.15. The van der Waals surface area contributed by atoms with Crippen molar-refractivity contribution in [3.8, 4) is 0 Å². The maximum atomic E-state index is 11.6. The van der Waals surface area contributed by atoms with Gasteiger partial charge in [0.05, 0.1) is 18.4 Å². The average Bonchev–Trinajstić information content (AvgIpc) is 2.59. The summed E-state index contributed by atoms with van der Waals surface area (Å²) in [4.78, 5) is 24.1. The van der Waals surface area contributed by atoms with E-state index in [2.05, 4.69) is 0 Å². The van der Waals surface area contributed by atoms with Gasteiger partial charge in [0.1, 0.15) is 0 Å². The Hall–Kier alpha value is -1.10. The van der Waals surface area contributed by atoms with E-state index in [1.54, 1.807) is 18.9 Å². The highest BCUT2D eigenvalue weighted by atomic mass is 16.5. The Balaban J connectivity index is 2.49. The first-order chi connectivity index (χ1) is 6.99. The number of carboxylic acids is 1. The van der Waals surface area contributed by atoms with E-state index in [0.717, 1.165) is 0 Å². The van der Waals surface area contributed by atoms with Crippen LogP contribution in [-0.4, -0.2) is 48.7 Å². The molecule has 1 aliphatic heterocycles. The van der Waals surface area contributed by atoms with Gasteiger partial charge in [0.15, 0.2) is 0 Å². The molecule has 1 aliphatic rings. The van der Waals surface area contributed by atoms with Crippen molar-refractivity contribution in [2.24, 2.45) is 5.41 Å². The van der Waals surface area contributed by atoms with Crippen molar-refractivity contribution in [3.63, 3.8) is 0 Å². The van der Waals surface area contributed by atoms with Crippen molar-refractivity contribution < 1.29 is 19.4 Å². The topological polar surface area (TPSA) is 66.8 Å². The number of aliphatic carboxylic acids is 1. The van der Waals surface area contributed by atoms with Crippen LogP contribution in [-0.2, 0) is 14.3 Å². The van der Waals surface area contributed by atoms with Crippen molar-refractivity contribution in [1.82, 2.24) is 4.90 Å². The third-order valence-electron chi connectivity index (χ3n) is 2.86. The molecule has 86 valence electrons. The quantitative estimate of drug-likeness (QED) is 0.734. The van der Waals surface area contributed by atoms with Gasteiger partial charge in [-0.15, -0.1) is 0 Å². The van der Waals surface area contributed by atoms with Crippen LogP contribution in [0.2, 0.25) is 0 Å². The molecule has 1 unspecified atom stereocenters. The minimum atomic E-state index is -0.829. The van der Waals surface area contributed by atoms with E-state index < -0.39 is 11.4 Å². The fourth-order valence-electron chi connectivity index (χ4n) is 1.70. The second kappa shape index (κ2) is 4.61. The number of ether oxygens (including phenoxy) is 1. The number of hydrogen-bond donors (Lipinski definition) is 1. The van der Waals surface area contributed by atoms with Crippen LogP contribution in [0.3, 0.4) is 0 Å². The molecular formula is C10H17NO4. The van der Waals surface area contributed by atoms with Gasteiger partial charge in [-0.2, -0.15) is 0 Å². The van der Waals surface area contributed by atoms with Crippen molar-refractivity contribution in [2.45, 2.75) is 19.8 Å². The second-order valence-electron chi connectivity index (χ2n) is 4.17. The zero-order chi connectivity index (χ0) is 11.5. The smallest absolute Gasteiger partial charge is 0.311 e. The summed E-state index contributed by atoms with van der Waals surface area (Å²) in [5, 5.41) is 8.99. The summed E-state index contributed by atoms with van der Waals surface area (Å²) >= 11 is 0. The number of rotatable bonds is 4. The number of carbonyl (C=O) groups is 2. The number of hydrogen-bond acceptors (Lipinski definition) is 3. The number of methoxy groups -OCH3 is 1. The Labute approximate surface area is 89.0 Å². The first-order valence-corrected chi connectivity index (χ1v) is 5.00. The highest BCUT2D eigenvalue weighted by Crippen LogP contribution is 2.30. The SMILES string of the molecule is COCCC(=O)N1CCC(C)(C(=O)O)C1. The van der Waals surface area contributed by atoms with Crippen molar-refractivity contribution in [1.29, 1.82) is 0 Å². The number of carbonyl (C=O) groups excluding carboxylic acids is 1. The molecule has 15 heavy (non-hydrogen) atoms. The first-order valence-electron chi connectivity index (χ1n) is 5.00. The number of likely N-dealkylation sites (tertiary alicyclic amines) is 1. The number of amides is 1. The Bertz CT molecular complexity index is 266. The number of carboxylic acid groups (broad SMARTS) is 1. The number of nitrogens with zero attached hydrogens (tertiary/aromatic N) is 1. The van der Waals surface area contributed by atoms with Gasteiger partial charge in [-0.25, -0.2) is 0 Å². The molecule has 0 saturated carbocycles. The molecule has 0 aromatic rings. The van der Waals surface area contributed by atoms with Gasteiger partial charge in [-0.05, 0) is 13.3 Å². The maximum Gasteiger partial charge on any atom is 0.311 e. The predicted octanol–water partition coefficient (Wildman–Crippen LogP) is 0.346. The summed E-state index contributed by atoms with van der Waals surface area (Å²) in [6, 6.07) is 0. The zero-order valence-corrected chi connectivity index (χ0v) is 9.15. The van der Waals surface area contributed by atoms with E-state index in [-0.39, 0.29) is 5.91 Å². The minimum Gasteiger partial charge on any atom is -0.481 e. The molecule has 1 atom stereocenters. The van der Waals surface area contributed by atoms with Gasteiger partial charge in [0.2, 0.25) is 5.91 Å². The molecule has 5 heteroatoms. The standard InChI is InChI=1S/C10H17NO4/c1-10(9(13)14)4-5-11(7-10)8(12)3-6-15-2/h3-7H2,1-2H3,(H,13,14). The Kier molecular flexibility index (Phi) is 3.68. The van der Waals surface area contributed by atoms with E-state index >= 15 is 0 Å². The predicted molar refractivity (Wildman–Crippen MR) is 53.4 cm³/mol. The lowest BCUT2D eigenvalue weighted by Crippen LogP contribution is -2.35. The van der Waals surface area contributed by atoms with Crippen molar-refractivity contribution >= 4 is 11.9 Å². The lowest BCUT2D eigenvalue weighted by molar-refractivity contribution is -0.147. The van der Waals surface area contributed by atoms with Crippen LogP contribution >= 0.6 is 0 Å². The molecule has 0 bridgehead atoms. The second-order valence-corrected chi connectivity index (χ2v) is 4.17. The Morgan fingerprint density at radius 1 is 1.53 bits per heavy atom. The molecule has 1 N–H and O–H groups in total. The van der Waals surface area contributed by atoms with Crippen molar-refractivity contribution in [3.05, 3.63) is 0 Å². The van der Waals surface area contributed by atoms with Crippen LogP contribution in [0, 0.1) is 5.41 Å². The summed E-state index contributed by atoms with van der Waals surface area (Å²) in [5.74, 6) is -0.855. The van der Waals surface area contributed by atoms with Gasteiger partial charge in [0, 0.05) is 20.2 Å². The van der Waals surface area contributed by atoms with E-state index in [1.807, 2.05) is 0 Å². The Morgan fingerprint density at radius 3 is 2.67 bits per heavy atom. The molecular weight excluding hydrogens is 198 g/mol. The summed E-state index contributed by atoms with van der Waals surface area (Å²) in [6.45, 7) is 2.91. The van der Waals surface area contributed by atoms with E-state index in [1.165, 1.54) is 0 Å². The highest BCUT2D eigenvalue weighted by molar-refractivity contribution is 5.80. The van der Waals surface area contributed by atoms with Crippen LogP contribution in [0.15, 0.2) is 0 Å². The molecule has 5 nitrogen and oxygen atoms in total. The highest BCUT2D eigenvalue weighted by Gasteiger charge is 2.41. The van der Waals surface area contributed by atoms with Crippen LogP contribution in [0.5, 0.6) is 0 Å². The molecule has 0 spiro atoms. The monoisotopic (exact) mass is 215 g/mol. The molecule has 0 radical (unpaired) electrons. The molecule has 1 rings (SSSR count). The van der Waals surface area contributed by atoms with Gasteiger partial charge in [-0.1, -0.05) is 0 Å². The van der Waals surface area contributed by atoms with Crippen LogP contribution in [0.4, 0.5) is 0 Å². The molecule has 0 aliphatic carbocycles. The van der Waals surface area contributed by atoms with Gasteiger partial charge in [-0.3, -0.25) is 9.59 Å². The third kappa shape index (κ3) is 2.68. The first kappa shape index (κ1) is 12.0.